The van der Waals surface area contributed by atoms with Crippen molar-refractivity contribution in [2.75, 3.05) is 13.6 Å². The molecule has 1 atom stereocenters. The fraction of sp³-hybridized carbons (Fsp3) is 0.263. The third-order valence-electron chi connectivity index (χ3n) is 4.38. The van der Waals surface area contributed by atoms with Gasteiger partial charge in [-0.2, -0.15) is 0 Å². The Balaban J connectivity index is 1.73. The summed E-state index contributed by atoms with van der Waals surface area (Å²) in [4.78, 5) is 21.7. The highest BCUT2D eigenvalue weighted by atomic mass is 35.5. The van der Waals surface area contributed by atoms with E-state index in [2.05, 4.69) is 21.8 Å². The minimum Gasteiger partial charge on any atom is -0.310 e. The summed E-state index contributed by atoms with van der Waals surface area (Å²) in [6.45, 7) is 2.89. The first-order chi connectivity index (χ1) is 11.6. The zero-order valence-electron chi connectivity index (χ0n) is 13.8. The van der Waals surface area contributed by atoms with Crippen LogP contribution in [0.2, 0.25) is 5.02 Å². The Hall–Kier alpha value is -2.17. The molecular formula is C19H20ClN3O. The Morgan fingerprint density at radius 2 is 1.88 bits per heavy atom. The Morgan fingerprint density at radius 3 is 2.67 bits per heavy atom. The standard InChI is InChI=1S/C19H20ClN3O/c1-13(14-7-3-5-9-16(14)20)23(2)12-11-18-21-17-10-6-4-8-15(17)19(24)22-18/h3-10,13H,11-12H2,1-2H3,(H,21,22,24). The van der Waals surface area contributed by atoms with E-state index in [0.29, 0.717) is 17.6 Å². The van der Waals surface area contributed by atoms with Crippen molar-refractivity contribution >= 4 is 22.5 Å². The van der Waals surface area contributed by atoms with Crippen LogP contribution in [-0.4, -0.2) is 28.5 Å². The Bertz CT molecular complexity index is 906. The molecule has 1 N–H and O–H groups in total. The van der Waals surface area contributed by atoms with Crippen LogP contribution in [-0.2, 0) is 6.42 Å². The summed E-state index contributed by atoms with van der Waals surface area (Å²) in [5, 5.41) is 1.40. The van der Waals surface area contributed by atoms with Crippen LogP contribution in [0.25, 0.3) is 10.9 Å². The summed E-state index contributed by atoms with van der Waals surface area (Å²) in [5.41, 5.74) is 1.75. The van der Waals surface area contributed by atoms with Crippen LogP contribution in [0.5, 0.6) is 0 Å². The SMILES string of the molecule is CC(c1ccccc1Cl)N(C)CCc1nc2ccccc2c(=O)[nH]1. The van der Waals surface area contributed by atoms with Crippen LogP contribution in [0.1, 0.15) is 24.4 Å². The monoisotopic (exact) mass is 341 g/mol. The van der Waals surface area contributed by atoms with Crippen molar-refractivity contribution in [3.8, 4) is 0 Å². The maximum absolute atomic E-state index is 12.1. The Morgan fingerprint density at radius 1 is 1.17 bits per heavy atom. The van der Waals surface area contributed by atoms with Crippen molar-refractivity contribution < 1.29 is 0 Å². The number of aromatic amines is 1. The van der Waals surface area contributed by atoms with Crippen molar-refractivity contribution in [1.82, 2.24) is 14.9 Å². The van der Waals surface area contributed by atoms with E-state index < -0.39 is 0 Å². The number of rotatable bonds is 5. The lowest BCUT2D eigenvalue weighted by atomic mass is 10.1. The number of aromatic nitrogens is 2. The molecular weight excluding hydrogens is 322 g/mol. The topological polar surface area (TPSA) is 49.0 Å². The molecule has 4 nitrogen and oxygen atoms in total. The zero-order chi connectivity index (χ0) is 17.1. The smallest absolute Gasteiger partial charge is 0.258 e. The second-order valence-electron chi connectivity index (χ2n) is 5.96. The third kappa shape index (κ3) is 3.50. The summed E-state index contributed by atoms with van der Waals surface area (Å²) in [7, 11) is 2.05. The fourth-order valence-electron chi connectivity index (χ4n) is 2.78. The average molecular weight is 342 g/mol. The number of para-hydroxylation sites is 1. The maximum atomic E-state index is 12.1. The van der Waals surface area contributed by atoms with Crippen LogP contribution in [0.3, 0.4) is 0 Å². The highest BCUT2D eigenvalue weighted by Gasteiger charge is 2.14. The van der Waals surface area contributed by atoms with Gasteiger partial charge in [0, 0.05) is 24.0 Å². The van der Waals surface area contributed by atoms with Crippen molar-refractivity contribution in [1.29, 1.82) is 0 Å². The van der Waals surface area contributed by atoms with E-state index in [1.165, 1.54) is 0 Å². The summed E-state index contributed by atoms with van der Waals surface area (Å²) in [5.74, 6) is 0.705. The summed E-state index contributed by atoms with van der Waals surface area (Å²) < 4.78 is 0. The molecule has 124 valence electrons. The van der Waals surface area contributed by atoms with Gasteiger partial charge >= 0.3 is 0 Å². The van der Waals surface area contributed by atoms with Crippen LogP contribution < -0.4 is 5.56 Å². The van der Waals surface area contributed by atoms with Crippen LogP contribution >= 0.6 is 11.6 Å². The molecule has 3 aromatic rings. The molecule has 24 heavy (non-hydrogen) atoms. The van der Waals surface area contributed by atoms with Crippen LogP contribution in [0.4, 0.5) is 0 Å². The quantitative estimate of drug-likeness (QED) is 0.767. The van der Waals surface area contributed by atoms with Gasteiger partial charge in [0.05, 0.1) is 10.9 Å². The minimum absolute atomic E-state index is 0.0857. The third-order valence-corrected chi connectivity index (χ3v) is 4.72. The Labute approximate surface area is 146 Å². The van der Waals surface area contributed by atoms with Crippen molar-refractivity contribution in [3.05, 3.63) is 75.3 Å². The molecule has 1 aromatic heterocycles. The van der Waals surface area contributed by atoms with Crippen molar-refractivity contribution in [3.63, 3.8) is 0 Å². The van der Waals surface area contributed by atoms with Crippen LogP contribution in [0, 0.1) is 0 Å². The first-order valence-electron chi connectivity index (χ1n) is 7.99. The summed E-state index contributed by atoms with van der Waals surface area (Å²) >= 11 is 6.28. The molecule has 0 spiro atoms. The first kappa shape index (κ1) is 16.7. The number of hydrogen-bond acceptors (Lipinski definition) is 3. The summed E-state index contributed by atoms with van der Waals surface area (Å²) in [6.07, 6.45) is 0.672. The number of halogens is 1. The van der Waals surface area contributed by atoms with E-state index in [9.17, 15) is 4.79 Å². The predicted octanol–water partition coefficient (Wildman–Crippen LogP) is 3.81. The molecule has 5 heteroatoms. The van der Waals surface area contributed by atoms with E-state index in [-0.39, 0.29) is 11.6 Å². The lowest BCUT2D eigenvalue weighted by molar-refractivity contribution is 0.263. The molecule has 3 rings (SSSR count). The number of hydrogen-bond donors (Lipinski definition) is 1. The number of nitrogens with one attached hydrogen (secondary N) is 1. The largest absolute Gasteiger partial charge is 0.310 e. The van der Waals surface area contributed by atoms with Gasteiger partial charge in [-0.05, 0) is 37.7 Å². The Kier molecular flexibility index (Phi) is 4.97. The van der Waals surface area contributed by atoms with Crippen LogP contribution in [0.15, 0.2) is 53.3 Å². The van der Waals surface area contributed by atoms with Gasteiger partial charge in [-0.25, -0.2) is 4.98 Å². The number of likely N-dealkylation sites (N-methyl/N-ethyl adjacent to an activating group) is 1. The maximum Gasteiger partial charge on any atom is 0.258 e. The van der Waals surface area contributed by atoms with E-state index in [1.807, 2.05) is 49.5 Å². The fourth-order valence-corrected chi connectivity index (χ4v) is 3.07. The number of benzene rings is 2. The van der Waals surface area contributed by atoms with Gasteiger partial charge in [0.25, 0.3) is 5.56 Å². The number of fused-ring (bicyclic) bond motifs is 1. The number of H-pyrrole nitrogens is 1. The molecule has 0 aliphatic heterocycles. The van der Waals surface area contributed by atoms with Gasteiger partial charge < -0.3 is 4.98 Å². The van der Waals surface area contributed by atoms with E-state index in [4.69, 9.17) is 11.6 Å². The first-order valence-corrected chi connectivity index (χ1v) is 8.36. The van der Waals surface area contributed by atoms with Gasteiger partial charge in [-0.1, -0.05) is 41.9 Å². The van der Waals surface area contributed by atoms with Gasteiger partial charge in [-0.3, -0.25) is 9.69 Å². The molecule has 0 fully saturated rings. The molecule has 0 saturated heterocycles. The lowest BCUT2D eigenvalue weighted by Gasteiger charge is -2.25. The molecule has 0 aliphatic rings. The van der Waals surface area contributed by atoms with E-state index in [0.717, 1.165) is 22.6 Å². The lowest BCUT2D eigenvalue weighted by Crippen LogP contribution is -2.26. The normalized spacial score (nSPS) is 12.7. The average Bonchev–Trinajstić information content (AvgIpc) is 2.59. The molecule has 2 aromatic carbocycles. The van der Waals surface area contributed by atoms with Gasteiger partial charge in [0.2, 0.25) is 0 Å². The van der Waals surface area contributed by atoms with Crippen molar-refractivity contribution in [2.45, 2.75) is 19.4 Å². The molecule has 1 unspecified atom stereocenters. The second kappa shape index (κ2) is 7.16. The van der Waals surface area contributed by atoms with E-state index >= 15 is 0 Å². The minimum atomic E-state index is -0.0857. The van der Waals surface area contributed by atoms with Gasteiger partial charge in [0.1, 0.15) is 5.82 Å². The van der Waals surface area contributed by atoms with E-state index in [1.54, 1.807) is 6.07 Å². The molecule has 1 heterocycles. The molecule has 0 radical (unpaired) electrons. The highest BCUT2D eigenvalue weighted by Crippen LogP contribution is 2.26. The van der Waals surface area contributed by atoms with Crippen molar-refractivity contribution in [2.24, 2.45) is 0 Å². The zero-order valence-corrected chi connectivity index (χ0v) is 14.5. The predicted molar refractivity (Wildman–Crippen MR) is 98.6 cm³/mol. The number of nitrogens with zero attached hydrogens (tertiary/aromatic N) is 2. The highest BCUT2D eigenvalue weighted by molar-refractivity contribution is 6.31. The molecule has 0 amide bonds. The molecule has 0 saturated carbocycles. The molecule has 0 bridgehead atoms. The molecule has 0 aliphatic carbocycles. The second-order valence-corrected chi connectivity index (χ2v) is 6.37. The van der Waals surface area contributed by atoms with Gasteiger partial charge in [0.15, 0.2) is 0 Å². The summed E-state index contributed by atoms with van der Waals surface area (Å²) in [6, 6.07) is 15.5. The van der Waals surface area contributed by atoms with Gasteiger partial charge in [-0.15, -0.1) is 0 Å².